The van der Waals surface area contributed by atoms with Crippen LogP contribution in [0, 0.1) is 11.3 Å². The zero-order valence-electron chi connectivity index (χ0n) is 12.2. The van der Waals surface area contributed by atoms with Gasteiger partial charge in [-0.15, -0.1) is 0 Å². The first kappa shape index (κ1) is 14.5. The van der Waals surface area contributed by atoms with E-state index in [0.717, 1.165) is 11.1 Å². The van der Waals surface area contributed by atoms with Crippen molar-refractivity contribution < 1.29 is 4.79 Å². The van der Waals surface area contributed by atoms with Gasteiger partial charge in [0.05, 0.1) is 5.56 Å². The number of nitriles is 1. The summed E-state index contributed by atoms with van der Waals surface area (Å²) in [6.45, 7) is 0. The van der Waals surface area contributed by atoms with E-state index < -0.39 is 0 Å². The normalized spacial score (nSPS) is 9.87. The van der Waals surface area contributed by atoms with Crippen molar-refractivity contribution in [3.8, 4) is 17.2 Å². The van der Waals surface area contributed by atoms with Crippen LogP contribution in [0.3, 0.4) is 0 Å². The molecule has 0 saturated carbocycles. The molecule has 23 heavy (non-hydrogen) atoms. The summed E-state index contributed by atoms with van der Waals surface area (Å²) in [5.74, 6) is -0.304. The topological polar surface area (TPSA) is 65.8 Å². The Bertz CT molecular complexity index is 848. The SMILES string of the molecule is N#Cc1ccc(C(=O)Nc2ccc(-c3ccccc3)cc2)nc1. The van der Waals surface area contributed by atoms with Gasteiger partial charge in [-0.05, 0) is 35.4 Å². The molecule has 4 heteroatoms. The lowest BCUT2D eigenvalue weighted by molar-refractivity contribution is 0.102. The number of carbonyl (C=O) groups excluding carboxylic acids is 1. The van der Waals surface area contributed by atoms with Gasteiger partial charge in [0.2, 0.25) is 0 Å². The Morgan fingerprint density at radius 1 is 0.913 bits per heavy atom. The Morgan fingerprint density at radius 3 is 2.22 bits per heavy atom. The van der Waals surface area contributed by atoms with E-state index in [2.05, 4.69) is 10.3 Å². The summed E-state index contributed by atoms with van der Waals surface area (Å²) in [5, 5.41) is 11.5. The van der Waals surface area contributed by atoms with Crippen molar-refractivity contribution in [3.05, 3.63) is 84.2 Å². The van der Waals surface area contributed by atoms with E-state index in [4.69, 9.17) is 5.26 Å². The van der Waals surface area contributed by atoms with Gasteiger partial charge >= 0.3 is 0 Å². The molecule has 0 aliphatic heterocycles. The minimum absolute atomic E-state index is 0.274. The molecule has 1 heterocycles. The molecule has 0 spiro atoms. The number of carbonyl (C=O) groups is 1. The first-order valence-corrected chi connectivity index (χ1v) is 7.09. The van der Waals surface area contributed by atoms with E-state index in [0.29, 0.717) is 11.3 Å². The van der Waals surface area contributed by atoms with Gasteiger partial charge in [0.1, 0.15) is 11.8 Å². The van der Waals surface area contributed by atoms with Crippen molar-refractivity contribution >= 4 is 11.6 Å². The van der Waals surface area contributed by atoms with Crippen LogP contribution in [0.5, 0.6) is 0 Å². The summed E-state index contributed by atoms with van der Waals surface area (Å²) >= 11 is 0. The van der Waals surface area contributed by atoms with Crippen molar-refractivity contribution in [2.45, 2.75) is 0 Å². The number of rotatable bonds is 3. The standard InChI is InChI=1S/C19H13N3O/c20-12-14-6-11-18(21-13-14)19(23)22-17-9-7-16(8-10-17)15-4-2-1-3-5-15/h1-11,13H,(H,22,23). The highest BCUT2D eigenvalue weighted by Gasteiger charge is 2.07. The van der Waals surface area contributed by atoms with Crippen molar-refractivity contribution in [2.24, 2.45) is 0 Å². The highest BCUT2D eigenvalue weighted by molar-refractivity contribution is 6.02. The molecule has 2 aromatic carbocycles. The summed E-state index contributed by atoms with van der Waals surface area (Å²) in [6, 6.07) is 22.7. The van der Waals surface area contributed by atoms with Gasteiger partial charge < -0.3 is 5.32 Å². The summed E-state index contributed by atoms with van der Waals surface area (Å²) in [6.07, 6.45) is 1.38. The third-order valence-corrected chi connectivity index (χ3v) is 3.38. The van der Waals surface area contributed by atoms with Gasteiger partial charge in [-0.2, -0.15) is 5.26 Å². The third-order valence-electron chi connectivity index (χ3n) is 3.38. The quantitative estimate of drug-likeness (QED) is 0.798. The van der Waals surface area contributed by atoms with Crippen LogP contribution < -0.4 is 5.32 Å². The lowest BCUT2D eigenvalue weighted by Gasteiger charge is -2.06. The van der Waals surface area contributed by atoms with E-state index >= 15 is 0 Å². The van der Waals surface area contributed by atoms with Gasteiger partial charge in [0, 0.05) is 11.9 Å². The van der Waals surface area contributed by atoms with Crippen LogP contribution in [-0.4, -0.2) is 10.9 Å². The molecule has 0 saturated heterocycles. The van der Waals surface area contributed by atoms with E-state index in [-0.39, 0.29) is 11.6 Å². The Morgan fingerprint density at radius 2 is 1.61 bits per heavy atom. The van der Waals surface area contributed by atoms with Crippen LogP contribution in [0.25, 0.3) is 11.1 Å². The van der Waals surface area contributed by atoms with Crippen molar-refractivity contribution in [1.82, 2.24) is 4.98 Å². The van der Waals surface area contributed by atoms with E-state index in [1.54, 1.807) is 6.07 Å². The maximum atomic E-state index is 12.1. The number of pyridine rings is 1. The fourth-order valence-electron chi connectivity index (χ4n) is 2.17. The molecule has 0 fully saturated rings. The molecule has 0 atom stereocenters. The lowest BCUT2D eigenvalue weighted by Crippen LogP contribution is -2.13. The Labute approximate surface area is 134 Å². The minimum atomic E-state index is -0.304. The predicted octanol–water partition coefficient (Wildman–Crippen LogP) is 3.87. The zero-order chi connectivity index (χ0) is 16.1. The molecular formula is C19H13N3O. The number of benzene rings is 2. The second-order valence-electron chi connectivity index (χ2n) is 4.94. The molecule has 3 rings (SSSR count). The zero-order valence-corrected chi connectivity index (χ0v) is 12.2. The van der Waals surface area contributed by atoms with E-state index in [1.165, 1.54) is 12.3 Å². The van der Waals surface area contributed by atoms with Gasteiger partial charge in [-0.3, -0.25) is 4.79 Å². The van der Waals surface area contributed by atoms with Crippen LogP contribution >= 0.6 is 0 Å². The first-order chi connectivity index (χ1) is 11.3. The number of hydrogen-bond acceptors (Lipinski definition) is 3. The average Bonchev–Trinajstić information content (AvgIpc) is 2.63. The third kappa shape index (κ3) is 3.42. The average molecular weight is 299 g/mol. The second kappa shape index (κ2) is 6.54. The number of nitrogens with zero attached hydrogens (tertiary/aromatic N) is 2. The number of amides is 1. The number of nitrogens with one attached hydrogen (secondary N) is 1. The van der Waals surface area contributed by atoms with Crippen LogP contribution in [0.4, 0.5) is 5.69 Å². The Kier molecular flexibility index (Phi) is 4.12. The molecule has 0 aliphatic carbocycles. The van der Waals surface area contributed by atoms with Crippen LogP contribution in [0.2, 0.25) is 0 Å². The van der Waals surface area contributed by atoms with E-state index in [9.17, 15) is 4.79 Å². The van der Waals surface area contributed by atoms with Gasteiger partial charge in [0.25, 0.3) is 5.91 Å². The van der Waals surface area contributed by atoms with Crippen molar-refractivity contribution in [3.63, 3.8) is 0 Å². The van der Waals surface area contributed by atoms with E-state index in [1.807, 2.05) is 60.7 Å². The molecule has 4 nitrogen and oxygen atoms in total. The van der Waals surface area contributed by atoms with Crippen molar-refractivity contribution in [2.75, 3.05) is 5.32 Å². The Balaban J connectivity index is 1.73. The molecule has 0 aliphatic rings. The van der Waals surface area contributed by atoms with Crippen LogP contribution in [0.1, 0.15) is 16.1 Å². The molecule has 0 bridgehead atoms. The lowest BCUT2D eigenvalue weighted by atomic mass is 10.1. The van der Waals surface area contributed by atoms with Gasteiger partial charge in [0.15, 0.2) is 0 Å². The predicted molar refractivity (Wildman–Crippen MR) is 88.8 cm³/mol. The molecule has 1 amide bonds. The largest absolute Gasteiger partial charge is 0.321 e. The minimum Gasteiger partial charge on any atom is -0.321 e. The monoisotopic (exact) mass is 299 g/mol. The summed E-state index contributed by atoms with van der Waals surface area (Å²) in [4.78, 5) is 16.1. The smallest absolute Gasteiger partial charge is 0.274 e. The maximum Gasteiger partial charge on any atom is 0.274 e. The number of hydrogen-bond donors (Lipinski definition) is 1. The molecule has 0 unspecified atom stereocenters. The number of aromatic nitrogens is 1. The summed E-state index contributed by atoms with van der Waals surface area (Å²) < 4.78 is 0. The number of anilines is 1. The molecule has 3 aromatic rings. The fourth-order valence-corrected chi connectivity index (χ4v) is 2.17. The maximum absolute atomic E-state index is 12.1. The summed E-state index contributed by atoms with van der Waals surface area (Å²) in [5.41, 5.74) is 3.60. The van der Waals surface area contributed by atoms with Gasteiger partial charge in [-0.1, -0.05) is 42.5 Å². The molecule has 1 aromatic heterocycles. The molecule has 0 radical (unpaired) electrons. The first-order valence-electron chi connectivity index (χ1n) is 7.09. The van der Waals surface area contributed by atoms with Gasteiger partial charge in [-0.25, -0.2) is 4.98 Å². The molecule has 110 valence electrons. The van der Waals surface area contributed by atoms with Crippen LogP contribution in [-0.2, 0) is 0 Å². The Hall–Kier alpha value is -3.45. The van der Waals surface area contributed by atoms with Crippen LogP contribution in [0.15, 0.2) is 72.9 Å². The molecular weight excluding hydrogens is 286 g/mol. The molecule has 1 N–H and O–H groups in total. The summed E-state index contributed by atoms with van der Waals surface area (Å²) in [7, 11) is 0. The fraction of sp³-hybridized carbons (Fsp3) is 0. The van der Waals surface area contributed by atoms with Crippen molar-refractivity contribution in [1.29, 1.82) is 5.26 Å². The second-order valence-corrected chi connectivity index (χ2v) is 4.94. The highest BCUT2D eigenvalue weighted by Crippen LogP contribution is 2.21. The highest BCUT2D eigenvalue weighted by atomic mass is 16.1.